The lowest BCUT2D eigenvalue weighted by atomic mass is 10.0. The first-order valence-corrected chi connectivity index (χ1v) is 5.75. The van der Waals surface area contributed by atoms with Gasteiger partial charge in [0.1, 0.15) is 0 Å². The Labute approximate surface area is 97.1 Å². The molecule has 1 fully saturated rings. The fourth-order valence-corrected chi connectivity index (χ4v) is 1.88. The van der Waals surface area contributed by atoms with E-state index in [1.807, 2.05) is 14.0 Å². The summed E-state index contributed by atoms with van der Waals surface area (Å²) in [5.41, 5.74) is 0. The number of nitrogens with zero attached hydrogens (tertiary/aromatic N) is 1. The van der Waals surface area contributed by atoms with Gasteiger partial charge in [0.05, 0.1) is 25.7 Å². The number of hydrogen-bond donors (Lipinski definition) is 1. The zero-order chi connectivity index (χ0) is 12.0. The molecule has 0 aromatic carbocycles. The highest BCUT2D eigenvalue weighted by Crippen LogP contribution is 2.16. The zero-order valence-electron chi connectivity index (χ0n) is 10.4. The molecule has 1 aliphatic heterocycles. The predicted molar refractivity (Wildman–Crippen MR) is 61.3 cm³/mol. The highest BCUT2D eigenvalue weighted by molar-refractivity contribution is 5.79. The molecule has 1 amide bonds. The summed E-state index contributed by atoms with van der Waals surface area (Å²) < 4.78 is 10.3. The van der Waals surface area contributed by atoms with Gasteiger partial charge in [0.2, 0.25) is 5.91 Å². The highest BCUT2D eigenvalue weighted by atomic mass is 16.5. The third-order valence-corrected chi connectivity index (χ3v) is 2.87. The second-order valence-electron chi connectivity index (χ2n) is 4.06. The van der Waals surface area contributed by atoms with Crippen LogP contribution in [0.5, 0.6) is 0 Å². The zero-order valence-corrected chi connectivity index (χ0v) is 10.4. The molecule has 1 rings (SSSR count). The first-order chi connectivity index (χ1) is 7.70. The molecule has 1 N–H and O–H groups in total. The summed E-state index contributed by atoms with van der Waals surface area (Å²) in [5, 5.41) is 3.28. The van der Waals surface area contributed by atoms with Crippen molar-refractivity contribution in [1.82, 2.24) is 10.2 Å². The van der Waals surface area contributed by atoms with Crippen LogP contribution in [0.1, 0.15) is 6.92 Å². The summed E-state index contributed by atoms with van der Waals surface area (Å²) in [5.74, 6) is 0.0855. The first kappa shape index (κ1) is 13.4. The minimum atomic E-state index is -0.0539. The van der Waals surface area contributed by atoms with E-state index in [4.69, 9.17) is 9.47 Å². The lowest BCUT2D eigenvalue weighted by Gasteiger charge is -2.24. The minimum absolute atomic E-state index is 0.0539. The Kier molecular flexibility index (Phi) is 5.73. The number of carbonyl (C=O) groups excluding carboxylic acids is 1. The van der Waals surface area contributed by atoms with Crippen LogP contribution < -0.4 is 5.32 Å². The van der Waals surface area contributed by atoms with E-state index >= 15 is 0 Å². The number of hydrogen-bond acceptors (Lipinski definition) is 4. The molecule has 0 bridgehead atoms. The molecule has 0 spiro atoms. The predicted octanol–water partition coefficient (Wildman–Crippen LogP) is -0.284. The Morgan fingerprint density at radius 1 is 1.56 bits per heavy atom. The topological polar surface area (TPSA) is 50.8 Å². The van der Waals surface area contributed by atoms with Crippen molar-refractivity contribution in [3.8, 4) is 0 Å². The molecule has 2 atom stereocenters. The van der Waals surface area contributed by atoms with Crippen LogP contribution in [0.15, 0.2) is 0 Å². The number of methoxy groups -OCH3 is 1. The number of ether oxygens (including phenoxy) is 2. The smallest absolute Gasteiger partial charge is 0.229 e. The third kappa shape index (κ3) is 3.43. The summed E-state index contributed by atoms with van der Waals surface area (Å²) >= 11 is 0. The molecule has 1 heterocycles. The van der Waals surface area contributed by atoms with E-state index in [9.17, 15) is 4.79 Å². The second-order valence-corrected chi connectivity index (χ2v) is 4.06. The molecular weight excluding hydrogens is 208 g/mol. The first-order valence-electron chi connectivity index (χ1n) is 5.75. The van der Waals surface area contributed by atoms with Crippen molar-refractivity contribution in [3.05, 3.63) is 0 Å². The van der Waals surface area contributed by atoms with Crippen LogP contribution >= 0.6 is 0 Å². The number of amides is 1. The fourth-order valence-electron chi connectivity index (χ4n) is 1.88. The molecule has 2 unspecified atom stereocenters. The fraction of sp³-hybridized carbons (Fsp3) is 0.909. The summed E-state index contributed by atoms with van der Waals surface area (Å²) in [6, 6.07) is 0.155. The Morgan fingerprint density at radius 3 is 2.94 bits per heavy atom. The second kappa shape index (κ2) is 6.83. The standard InChI is InChI=1S/C11H22N2O3/c1-4-12-10-8-16-7-9(10)11(14)13(2)5-6-15-3/h9-10,12H,4-8H2,1-3H3. The van der Waals surface area contributed by atoms with Crippen LogP contribution in [0.25, 0.3) is 0 Å². The Hall–Kier alpha value is -0.650. The molecule has 5 nitrogen and oxygen atoms in total. The molecular formula is C11H22N2O3. The van der Waals surface area contributed by atoms with E-state index < -0.39 is 0 Å². The number of likely N-dealkylation sites (N-methyl/N-ethyl adjacent to an activating group) is 2. The van der Waals surface area contributed by atoms with Crippen molar-refractivity contribution < 1.29 is 14.3 Å². The Balaban J connectivity index is 2.45. The quantitative estimate of drug-likeness (QED) is 0.681. The van der Waals surface area contributed by atoms with Gasteiger partial charge in [-0.2, -0.15) is 0 Å². The lowest BCUT2D eigenvalue weighted by Crippen LogP contribution is -2.45. The van der Waals surface area contributed by atoms with Crippen LogP contribution in [0, 0.1) is 5.92 Å². The van der Waals surface area contributed by atoms with Crippen molar-refractivity contribution >= 4 is 5.91 Å². The number of rotatable bonds is 6. The summed E-state index contributed by atoms with van der Waals surface area (Å²) in [7, 11) is 3.45. The van der Waals surface area contributed by atoms with E-state index in [0.717, 1.165) is 6.54 Å². The van der Waals surface area contributed by atoms with Crippen LogP contribution in [0.3, 0.4) is 0 Å². The Bertz CT molecular complexity index is 223. The van der Waals surface area contributed by atoms with E-state index in [1.54, 1.807) is 12.0 Å². The highest BCUT2D eigenvalue weighted by Gasteiger charge is 2.34. The van der Waals surface area contributed by atoms with Gasteiger partial charge in [-0.3, -0.25) is 4.79 Å². The maximum absolute atomic E-state index is 12.1. The molecule has 0 aromatic heterocycles. The largest absolute Gasteiger partial charge is 0.383 e. The summed E-state index contributed by atoms with van der Waals surface area (Å²) in [6.07, 6.45) is 0. The molecule has 5 heteroatoms. The van der Waals surface area contributed by atoms with Gasteiger partial charge in [0.25, 0.3) is 0 Å². The van der Waals surface area contributed by atoms with Gasteiger partial charge < -0.3 is 19.7 Å². The van der Waals surface area contributed by atoms with Crippen LogP contribution in [-0.4, -0.2) is 63.9 Å². The normalized spacial score (nSPS) is 24.7. The van der Waals surface area contributed by atoms with E-state index in [2.05, 4.69) is 5.32 Å². The van der Waals surface area contributed by atoms with Crippen molar-refractivity contribution in [1.29, 1.82) is 0 Å². The van der Waals surface area contributed by atoms with Gasteiger partial charge in [0, 0.05) is 26.7 Å². The third-order valence-electron chi connectivity index (χ3n) is 2.87. The van der Waals surface area contributed by atoms with Crippen LogP contribution in [0.2, 0.25) is 0 Å². The van der Waals surface area contributed by atoms with Crippen molar-refractivity contribution in [2.75, 3.05) is 47.1 Å². The van der Waals surface area contributed by atoms with Crippen molar-refractivity contribution in [2.45, 2.75) is 13.0 Å². The SMILES string of the molecule is CCNC1COCC1C(=O)N(C)CCOC. The monoisotopic (exact) mass is 230 g/mol. The molecule has 0 aromatic rings. The van der Waals surface area contributed by atoms with Gasteiger partial charge in [-0.15, -0.1) is 0 Å². The average molecular weight is 230 g/mol. The van der Waals surface area contributed by atoms with Gasteiger partial charge >= 0.3 is 0 Å². The molecule has 0 radical (unpaired) electrons. The van der Waals surface area contributed by atoms with Gasteiger partial charge in [-0.05, 0) is 6.54 Å². The minimum Gasteiger partial charge on any atom is -0.383 e. The molecule has 16 heavy (non-hydrogen) atoms. The Morgan fingerprint density at radius 2 is 2.31 bits per heavy atom. The molecule has 0 saturated carbocycles. The summed E-state index contributed by atoms with van der Waals surface area (Å²) in [4.78, 5) is 13.8. The van der Waals surface area contributed by atoms with Crippen molar-refractivity contribution in [3.63, 3.8) is 0 Å². The van der Waals surface area contributed by atoms with Gasteiger partial charge in [-0.1, -0.05) is 6.92 Å². The molecule has 1 saturated heterocycles. The van der Waals surface area contributed by atoms with E-state index in [1.165, 1.54) is 0 Å². The number of carbonyl (C=O) groups is 1. The number of nitrogens with one attached hydrogen (secondary N) is 1. The van der Waals surface area contributed by atoms with E-state index in [-0.39, 0.29) is 17.9 Å². The van der Waals surface area contributed by atoms with Crippen LogP contribution in [0.4, 0.5) is 0 Å². The maximum atomic E-state index is 12.1. The molecule has 94 valence electrons. The van der Waals surface area contributed by atoms with E-state index in [0.29, 0.717) is 26.4 Å². The van der Waals surface area contributed by atoms with Crippen molar-refractivity contribution in [2.24, 2.45) is 5.92 Å². The molecule has 1 aliphatic rings. The van der Waals surface area contributed by atoms with Gasteiger partial charge in [0.15, 0.2) is 0 Å². The maximum Gasteiger partial charge on any atom is 0.229 e. The summed E-state index contributed by atoms with van der Waals surface area (Å²) in [6.45, 7) is 5.25. The average Bonchev–Trinajstić information content (AvgIpc) is 2.73. The lowest BCUT2D eigenvalue weighted by molar-refractivity contribution is -0.135. The van der Waals surface area contributed by atoms with Crippen LogP contribution in [-0.2, 0) is 14.3 Å². The van der Waals surface area contributed by atoms with Gasteiger partial charge in [-0.25, -0.2) is 0 Å². The molecule has 0 aliphatic carbocycles.